The van der Waals surface area contributed by atoms with E-state index in [0.717, 1.165) is 18.6 Å². The minimum atomic E-state index is -1.10. The van der Waals surface area contributed by atoms with Crippen LogP contribution in [0.5, 0.6) is 5.75 Å². The lowest BCUT2D eigenvalue weighted by Crippen LogP contribution is -2.39. The molecule has 1 saturated heterocycles. The third kappa shape index (κ3) is 4.35. The molecule has 1 fully saturated rings. The van der Waals surface area contributed by atoms with Crippen LogP contribution in [0.15, 0.2) is 48.7 Å². The van der Waals surface area contributed by atoms with Crippen LogP contribution in [0, 0.1) is 5.92 Å². The largest absolute Gasteiger partial charge is 0.493 e. The summed E-state index contributed by atoms with van der Waals surface area (Å²) >= 11 is 0. The highest BCUT2D eigenvalue weighted by Crippen LogP contribution is 2.20. The van der Waals surface area contributed by atoms with Gasteiger partial charge in [-0.3, -0.25) is 4.79 Å². The van der Waals surface area contributed by atoms with Gasteiger partial charge in [-0.2, -0.15) is 0 Å². The number of carboxylic acid groups (broad SMARTS) is 1. The molecular weight excluding hydrogens is 320 g/mol. The number of para-hydroxylation sites is 1. The van der Waals surface area contributed by atoms with Crippen LogP contribution in [0.3, 0.4) is 0 Å². The summed E-state index contributed by atoms with van der Waals surface area (Å²) in [7, 11) is 0. The molecule has 0 atom stereocenters. The highest BCUT2D eigenvalue weighted by atomic mass is 16.5. The van der Waals surface area contributed by atoms with Gasteiger partial charge in [0, 0.05) is 19.3 Å². The molecule has 0 unspecified atom stereocenters. The van der Waals surface area contributed by atoms with E-state index in [0.29, 0.717) is 31.2 Å². The van der Waals surface area contributed by atoms with Gasteiger partial charge in [0.05, 0.1) is 12.2 Å². The lowest BCUT2D eigenvalue weighted by atomic mass is 9.97. The number of pyridine rings is 1. The number of hydrogen-bond donors (Lipinski definition) is 1. The molecule has 0 aliphatic carbocycles. The molecule has 6 heteroatoms. The number of amides is 1. The van der Waals surface area contributed by atoms with Crippen molar-refractivity contribution in [2.75, 3.05) is 19.7 Å². The van der Waals surface area contributed by atoms with Gasteiger partial charge in [0.2, 0.25) is 0 Å². The molecule has 0 radical (unpaired) electrons. The van der Waals surface area contributed by atoms with E-state index in [4.69, 9.17) is 9.84 Å². The molecule has 1 amide bonds. The van der Waals surface area contributed by atoms with Crippen molar-refractivity contribution in [2.24, 2.45) is 5.92 Å². The molecule has 1 aliphatic heterocycles. The van der Waals surface area contributed by atoms with Gasteiger partial charge in [-0.15, -0.1) is 0 Å². The van der Waals surface area contributed by atoms with Gasteiger partial charge in [0.1, 0.15) is 11.4 Å². The molecule has 1 aliphatic rings. The van der Waals surface area contributed by atoms with Crippen molar-refractivity contribution < 1.29 is 19.4 Å². The average Bonchev–Trinajstić information content (AvgIpc) is 2.67. The molecule has 130 valence electrons. The third-order valence-electron chi connectivity index (χ3n) is 4.36. The smallest absolute Gasteiger partial charge is 0.354 e. The van der Waals surface area contributed by atoms with Gasteiger partial charge < -0.3 is 14.7 Å². The Morgan fingerprint density at radius 3 is 2.44 bits per heavy atom. The number of carboxylic acids is 1. The Hall–Kier alpha value is -2.89. The van der Waals surface area contributed by atoms with Crippen molar-refractivity contribution in [1.82, 2.24) is 9.88 Å². The van der Waals surface area contributed by atoms with E-state index in [1.165, 1.54) is 18.3 Å². The van der Waals surface area contributed by atoms with Crippen LogP contribution in [-0.2, 0) is 0 Å². The molecule has 1 N–H and O–H groups in total. The molecule has 2 aromatic rings. The van der Waals surface area contributed by atoms with E-state index in [1.807, 2.05) is 30.3 Å². The maximum Gasteiger partial charge on any atom is 0.354 e. The molecule has 1 aromatic carbocycles. The fourth-order valence-electron chi connectivity index (χ4n) is 2.86. The SMILES string of the molecule is O=C(O)c1ccc(C(=O)N2CCC(COc3ccccc3)CC2)cn1. The lowest BCUT2D eigenvalue weighted by molar-refractivity contribution is 0.0654. The normalized spacial score (nSPS) is 15.0. The summed E-state index contributed by atoms with van der Waals surface area (Å²) < 4.78 is 5.79. The Labute approximate surface area is 146 Å². The van der Waals surface area contributed by atoms with E-state index >= 15 is 0 Å². The number of rotatable bonds is 5. The molecule has 1 aromatic heterocycles. The zero-order valence-corrected chi connectivity index (χ0v) is 13.8. The molecule has 0 spiro atoms. The van der Waals surface area contributed by atoms with E-state index in [-0.39, 0.29) is 11.6 Å². The predicted molar refractivity (Wildman–Crippen MR) is 91.8 cm³/mol. The van der Waals surface area contributed by atoms with Gasteiger partial charge in [0.15, 0.2) is 0 Å². The van der Waals surface area contributed by atoms with Crippen molar-refractivity contribution in [1.29, 1.82) is 0 Å². The number of hydrogen-bond acceptors (Lipinski definition) is 4. The van der Waals surface area contributed by atoms with E-state index in [9.17, 15) is 9.59 Å². The highest BCUT2D eigenvalue weighted by molar-refractivity contribution is 5.94. The molecule has 6 nitrogen and oxygen atoms in total. The van der Waals surface area contributed by atoms with Crippen molar-refractivity contribution in [3.8, 4) is 5.75 Å². The Bertz CT molecular complexity index is 723. The summed E-state index contributed by atoms with van der Waals surface area (Å²) in [5.74, 6) is 0.0902. The fourth-order valence-corrected chi connectivity index (χ4v) is 2.86. The summed E-state index contributed by atoms with van der Waals surface area (Å²) in [6, 6.07) is 12.6. The van der Waals surface area contributed by atoms with Gasteiger partial charge in [-0.25, -0.2) is 9.78 Å². The van der Waals surface area contributed by atoms with Crippen LogP contribution in [0.25, 0.3) is 0 Å². The Balaban J connectivity index is 1.49. The maximum atomic E-state index is 12.5. The van der Waals surface area contributed by atoms with Crippen molar-refractivity contribution in [3.63, 3.8) is 0 Å². The van der Waals surface area contributed by atoms with Crippen molar-refractivity contribution >= 4 is 11.9 Å². The second kappa shape index (κ2) is 7.79. The van der Waals surface area contributed by atoms with Gasteiger partial charge in [-0.05, 0) is 43.0 Å². The average molecular weight is 340 g/mol. The minimum absolute atomic E-state index is 0.0617. The fraction of sp³-hybridized carbons (Fsp3) is 0.316. The van der Waals surface area contributed by atoms with E-state index < -0.39 is 5.97 Å². The molecule has 3 rings (SSSR count). The Morgan fingerprint density at radius 2 is 1.84 bits per heavy atom. The summed E-state index contributed by atoms with van der Waals surface area (Å²) in [6.07, 6.45) is 3.11. The van der Waals surface area contributed by atoms with Gasteiger partial charge >= 0.3 is 5.97 Å². The number of likely N-dealkylation sites (tertiary alicyclic amines) is 1. The minimum Gasteiger partial charge on any atom is -0.493 e. The summed E-state index contributed by atoms with van der Waals surface area (Å²) in [5.41, 5.74) is 0.359. The summed E-state index contributed by atoms with van der Waals surface area (Å²) in [5, 5.41) is 8.86. The van der Waals surface area contributed by atoms with Gasteiger partial charge in [-0.1, -0.05) is 18.2 Å². The number of piperidine rings is 1. The first-order valence-electron chi connectivity index (χ1n) is 8.30. The van der Waals surface area contributed by atoms with Crippen LogP contribution < -0.4 is 4.74 Å². The van der Waals surface area contributed by atoms with Crippen LogP contribution in [0.1, 0.15) is 33.7 Å². The molecule has 0 bridgehead atoms. The zero-order chi connectivity index (χ0) is 17.6. The maximum absolute atomic E-state index is 12.5. The molecule has 25 heavy (non-hydrogen) atoms. The molecular formula is C19H20N2O4. The number of aromatic carboxylic acids is 1. The van der Waals surface area contributed by atoms with E-state index in [1.54, 1.807) is 4.90 Å². The lowest BCUT2D eigenvalue weighted by Gasteiger charge is -2.31. The van der Waals surface area contributed by atoms with Crippen LogP contribution in [0.2, 0.25) is 0 Å². The summed E-state index contributed by atoms with van der Waals surface area (Å²) in [4.78, 5) is 28.9. The Kier molecular flexibility index (Phi) is 5.28. The van der Waals surface area contributed by atoms with E-state index in [2.05, 4.69) is 4.98 Å². The first kappa shape index (κ1) is 17.0. The standard InChI is InChI=1S/C19H20N2O4/c22-18(15-6-7-17(19(23)24)20-12-15)21-10-8-14(9-11-21)13-25-16-4-2-1-3-5-16/h1-7,12,14H,8-11,13H2,(H,23,24). The van der Waals surface area contributed by atoms with Crippen molar-refractivity contribution in [2.45, 2.75) is 12.8 Å². The number of aromatic nitrogens is 1. The first-order chi connectivity index (χ1) is 12.1. The monoisotopic (exact) mass is 340 g/mol. The van der Waals surface area contributed by atoms with Gasteiger partial charge in [0.25, 0.3) is 5.91 Å². The second-order valence-corrected chi connectivity index (χ2v) is 6.10. The first-order valence-corrected chi connectivity index (χ1v) is 8.30. The quantitative estimate of drug-likeness (QED) is 0.905. The molecule has 0 saturated carbocycles. The number of ether oxygens (including phenoxy) is 1. The number of benzene rings is 1. The molecule has 2 heterocycles. The Morgan fingerprint density at radius 1 is 1.12 bits per heavy atom. The topological polar surface area (TPSA) is 79.7 Å². The van der Waals surface area contributed by atoms with Crippen LogP contribution in [-0.4, -0.2) is 46.6 Å². The summed E-state index contributed by atoms with van der Waals surface area (Å²) in [6.45, 7) is 1.99. The third-order valence-corrected chi connectivity index (χ3v) is 4.36. The van der Waals surface area contributed by atoms with Crippen molar-refractivity contribution in [3.05, 3.63) is 59.9 Å². The van der Waals surface area contributed by atoms with Crippen LogP contribution in [0.4, 0.5) is 0 Å². The number of carbonyl (C=O) groups is 2. The predicted octanol–water partition coefficient (Wildman–Crippen LogP) is 2.71. The highest BCUT2D eigenvalue weighted by Gasteiger charge is 2.24. The number of nitrogens with zero attached hydrogens (tertiary/aromatic N) is 2. The number of carbonyl (C=O) groups excluding carboxylic acids is 1. The zero-order valence-electron chi connectivity index (χ0n) is 13.8. The second-order valence-electron chi connectivity index (χ2n) is 6.10. The van der Waals surface area contributed by atoms with Crippen LogP contribution >= 0.6 is 0 Å².